The molecule has 1 aromatic rings. The molecular formula is C13H20N2O2. The van der Waals surface area contributed by atoms with Gasteiger partial charge in [-0.15, -0.1) is 0 Å². The van der Waals surface area contributed by atoms with E-state index in [1.165, 1.54) is 0 Å². The van der Waals surface area contributed by atoms with Gasteiger partial charge in [-0.3, -0.25) is 4.79 Å². The van der Waals surface area contributed by atoms with E-state index in [0.29, 0.717) is 18.5 Å². The van der Waals surface area contributed by atoms with Crippen LogP contribution in [0.1, 0.15) is 22.3 Å². The molecule has 0 saturated carbocycles. The lowest BCUT2D eigenvalue weighted by Crippen LogP contribution is -2.23. The predicted octanol–water partition coefficient (Wildman–Crippen LogP) is 1.49. The number of hydrogen-bond acceptors (Lipinski definition) is 3. The van der Waals surface area contributed by atoms with Crippen LogP contribution < -0.4 is 5.32 Å². The summed E-state index contributed by atoms with van der Waals surface area (Å²) in [6, 6.07) is 5.75. The van der Waals surface area contributed by atoms with Crippen LogP contribution >= 0.6 is 0 Å². The molecule has 1 amide bonds. The first-order valence-electron chi connectivity index (χ1n) is 5.73. The van der Waals surface area contributed by atoms with Gasteiger partial charge in [0.05, 0.1) is 5.56 Å². The number of nitrogens with one attached hydrogen (secondary N) is 1. The van der Waals surface area contributed by atoms with Crippen molar-refractivity contribution < 1.29 is 9.90 Å². The van der Waals surface area contributed by atoms with Gasteiger partial charge in [-0.2, -0.15) is 0 Å². The number of aliphatic hydroxyl groups excluding tert-OH is 1. The minimum Gasteiger partial charge on any atom is -0.396 e. The average Bonchev–Trinajstić information content (AvgIpc) is 2.30. The van der Waals surface area contributed by atoms with Gasteiger partial charge in [0.15, 0.2) is 0 Å². The molecule has 0 aliphatic heterocycles. The molecule has 0 atom stereocenters. The SMILES string of the molecule is Cc1ccc(NCCCO)c(C(=O)N(C)C)c1. The Kier molecular flexibility index (Phi) is 4.97. The largest absolute Gasteiger partial charge is 0.396 e. The van der Waals surface area contributed by atoms with Crippen molar-refractivity contribution in [2.75, 3.05) is 32.6 Å². The van der Waals surface area contributed by atoms with Crippen molar-refractivity contribution in [3.8, 4) is 0 Å². The van der Waals surface area contributed by atoms with Crippen molar-refractivity contribution in [3.63, 3.8) is 0 Å². The van der Waals surface area contributed by atoms with Crippen LogP contribution in [0.5, 0.6) is 0 Å². The number of benzene rings is 1. The van der Waals surface area contributed by atoms with Crippen molar-refractivity contribution in [3.05, 3.63) is 29.3 Å². The van der Waals surface area contributed by atoms with E-state index in [2.05, 4.69) is 5.32 Å². The molecule has 2 N–H and O–H groups in total. The van der Waals surface area contributed by atoms with Crippen LogP contribution in [0.4, 0.5) is 5.69 Å². The van der Waals surface area contributed by atoms with Crippen LogP contribution in [-0.2, 0) is 0 Å². The molecule has 94 valence electrons. The Hall–Kier alpha value is -1.55. The third-order valence-corrected chi connectivity index (χ3v) is 2.46. The quantitative estimate of drug-likeness (QED) is 0.762. The number of carbonyl (C=O) groups excluding carboxylic acids is 1. The lowest BCUT2D eigenvalue weighted by molar-refractivity contribution is 0.0828. The zero-order chi connectivity index (χ0) is 12.8. The second kappa shape index (κ2) is 6.25. The number of hydrogen-bond donors (Lipinski definition) is 2. The lowest BCUT2D eigenvalue weighted by Gasteiger charge is -2.16. The van der Waals surface area contributed by atoms with Crippen molar-refractivity contribution in [1.82, 2.24) is 4.90 Å². The number of nitrogens with zero attached hydrogens (tertiary/aromatic N) is 1. The monoisotopic (exact) mass is 236 g/mol. The second-order valence-corrected chi connectivity index (χ2v) is 4.25. The number of amides is 1. The first kappa shape index (κ1) is 13.5. The predicted molar refractivity (Wildman–Crippen MR) is 69.4 cm³/mol. The topological polar surface area (TPSA) is 52.6 Å². The molecule has 4 heteroatoms. The van der Waals surface area contributed by atoms with Gasteiger partial charge >= 0.3 is 0 Å². The van der Waals surface area contributed by atoms with Gasteiger partial charge in [0.1, 0.15) is 0 Å². The van der Waals surface area contributed by atoms with Crippen LogP contribution in [0.15, 0.2) is 18.2 Å². The zero-order valence-corrected chi connectivity index (χ0v) is 10.7. The first-order chi connectivity index (χ1) is 8.06. The summed E-state index contributed by atoms with van der Waals surface area (Å²) < 4.78 is 0. The molecule has 0 aromatic heterocycles. The summed E-state index contributed by atoms with van der Waals surface area (Å²) in [5.74, 6) is -0.0137. The van der Waals surface area contributed by atoms with E-state index in [1.807, 2.05) is 25.1 Å². The minimum atomic E-state index is -0.0137. The van der Waals surface area contributed by atoms with Gasteiger partial charge in [-0.05, 0) is 25.5 Å². The molecule has 0 aliphatic rings. The van der Waals surface area contributed by atoms with Gasteiger partial charge in [0, 0.05) is 32.9 Å². The molecule has 1 aromatic carbocycles. The van der Waals surface area contributed by atoms with E-state index in [-0.39, 0.29) is 12.5 Å². The van der Waals surface area contributed by atoms with E-state index in [4.69, 9.17) is 5.11 Å². The number of rotatable bonds is 5. The summed E-state index contributed by atoms with van der Waals surface area (Å²) in [4.78, 5) is 13.5. The van der Waals surface area contributed by atoms with Crippen LogP contribution in [0, 0.1) is 6.92 Å². The fourth-order valence-corrected chi connectivity index (χ4v) is 1.53. The Bertz CT molecular complexity index is 389. The molecule has 0 spiro atoms. The van der Waals surface area contributed by atoms with Crippen molar-refractivity contribution in [2.45, 2.75) is 13.3 Å². The number of carbonyl (C=O) groups is 1. The Balaban J connectivity index is 2.91. The van der Waals surface area contributed by atoms with Gasteiger partial charge in [0.25, 0.3) is 5.91 Å². The number of anilines is 1. The molecule has 0 saturated heterocycles. The standard InChI is InChI=1S/C13H20N2O2/c1-10-5-6-12(14-7-4-8-16)11(9-10)13(17)15(2)3/h5-6,9,14,16H,4,7-8H2,1-3H3. The number of aliphatic hydroxyl groups is 1. The fourth-order valence-electron chi connectivity index (χ4n) is 1.53. The molecule has 0 heterocycles. The van der Waals surface area contributed by atoms with Gasteiger partial charge in [-0.25, -0.2) is 0 Å². The second-order valence-electron chi connectivity index (χ2n) is 4.25. The summed E-state index contributed by atoms with van der Waals surface area (Å²) in [6.07, 6.45) is 0.670. The van der Waals surface area contributed by atoms with Crippen molar-refractivity contribution in [2.24, 2.45) is 0 Å². The Labute approximate surface area is 102 Å². The minimum absolute atomic E-state index is 0.0137. The van der Waals surface area contributed by atoms with E-state index in [1.54, 1.807) is 19.0 Å². The molecular weight excluding hydrogens is 216 g/mol. The van der Waals surface area contributed by atoms with E-state index >= 15 is 0 Å². The maximum absolute atomic E-state index is 12.0. The molecule has 0 radical (unpaired) electrons. The van der Waals surface area contributed by atoms with Gasteiger partial charge < -0.3 is 15.3 Å². The third kappa shape index (κ3) is 3.75. The summed E-state index contributed by atoms with van der Waals surface area (Å²) in [5.41, 5.74) is 2.55. The van der Waals surface area contributed by atoms with Crippen LogP contribution in [0.3, 0.4) is 0 Å². The molecule has 0 unspecified atom stereocenters. The van der Waals surface area contributed by atoms with Gasteiger partial charge in [0.2, 0.25) is 0 Å². The highest BCUT2D eigenvalue weighted by molar-refractivity contribution is 5.99. The maximum atomic E-state index is 12.0. The first-order valence-corrected chi connectivity index (χ1v) is 5.73. The molecule has 0 aliphatic carbocycles. The highest BCUT2D eigenvalue weighted by Crippen LogP contribution is 2.18. The fraction of sp³-hybridized carbons (Fsp3) is 0.462. The summed E-state index contributed by atoms with van der Waals surface area (Å²) >= 11 is 0. The summed E-state index contributed by atoms with van der Waals surface area (Å²) in [6.45, 7) is 2.77. The number of aryl methyl sites for hydroxylation is 1. The van der Waals surface area contributed by atoms with Gasteiger partial charge in [-0.1, -0.05) is 11.6 Å². The van der Waals surface area contributed by atoms with Crippen LogP contribution in [0.2, 0.25) is 0 Å². The van der Waals surface area contributed by atoms with E-state index in [9.17, 15) is 4.79 Å². The zero-order valence-electron chi connectivity index (χ0n) is 10.7. The summed E-state index contributed by atoms with van der Waals surface area (Å²) in [5, 5.41) is 11.9. The van der Waals surface area contributed by atoms with Crippen molar-refractivity contribution in [1.29, 1.82) is 0 Å². The van der Waals surface area contributed by atoms with Crippen molar-refractivity contribution >= 4 is 11.6 Å². The smallest absolute Gasteiger partial charge is 0.255 e. The molecule has 0 fully saturated rings. The van der Waals surface area contributed by atoms with E-state index in [0.717, 1.165) is 11.3 Å². The summed E-state index contributed by atoms with van der Waals surface area (Å²) in [7, 11) is 3.48. The molecule has 4 nitrogen and oxygen atoms in total. The lowest BCUT2D eigenvalue weighted by atomic mass is 10.1. The Morgan fingerprint density at radius 2 is 2.12 bits per heavy atom. The average molecular weight is 236 g/mol. The Morgan fingerprint density at radius 1 is 1.41 bits per heavy atom. The highest BCUT2D eigenvalue weighted by Gasteiger charge is 2.13. The molecule has 17 heavy (non-hydrogen) atoms. The van der Waals surface area contributed by atoms with E-state index < -0.39 is 0 Å². The molecule has 1 rings (SSSR count). The maximum Gasteiger partial charge on any atom is 0.255 e. The Morgan fingerprint density at radius 3 is 2.71 bits per heavy atom. The normalized spacial score (nSPS) is 10.1. The van der Waals surface area contributed by atoms with Crippen LogP contribution in [0.25, 0.3) is 0 Å². The molecule has 0 bridgehead atoms. The van der Waals surface area contributed by atoms with Crippen LogP contribution in [-0.4, -0.2) is 43.2 Å². The third-order valence-electron chi connectivity index (χ3n) is 2.46. The highest BCUT2D eigenvalue weighted by atomic mass is 16.3.